The van der Waals surface area contributed by atoms with Crippen LogP contribution in [-0.4, -0.2) is 64.8 Å². The van der Waals surface area contributed by atoms with Gasteiger partial charge in [-0.1, -0.05) is 6.92 Å². The third-order valence-electron chi connectivity index (χ3n) is 7.67. The lowest BCUT2D eigenvalue weighted by atomic mass is 10.0. The van der Waals surface area contributed by atoms with E-state index in [1.807, 2.05) is 0 Å². The van der Waals surface area contributed by atoms with Gasteiger partial charge in [-0.3, -0.25) is 9.58 Å². The van der Waals surface area contributed by atoms with Gasteiger partial charge in [0.05, 0.1) is 18.9 Å². The molecular formula is C24H32F3N5O2. The SMILES string of the molecule is CCC(C)n1nc(-c2cnc(N)c(OCC(F)(F)F)c2)cc1[C@H]1[C@@H]2CC(N3CCOCC3)C[C@@H]21. The Morgan fingerprint density at radius 3 is 2.56 bits per heavy atom. The summed E-state index contributed by atoms with van der Waals surface area (Å²) in [4.78, 5) is 6.64. The van der Waals surface area contributed by atoms with E-state index in [1.54, 1.807) is 6.20 Å². The summed E-state index contributed by atoms with van der Waals surface area (Å²) in [6.45, 7) is 6.55. The van der Waals surface area contributed by atoms with Crippen LogP contribution < -0.4 is 10.5 Å². The zero-order valence-corrected chi connectivity index (χ0v) is 19.6. The standard InChI is InChI=1S/C24H32F3N5O2/c1-3-14(2)32-20(22-17-9-16(10-18(17)22)31-4-6-33-7-5-31)11-19(30-32)15-8-21(23(28)29-12-15)34-13-24(25,26)27/h8,11-12,14,16-18,22H,3-7,9-10,13H2,1-2H3,(H2,28,29)/t14?,16?,17-,18+,22+. The highest BCUT2D eigenvalue weighted by atomic mass is 19.4. The van der Waals surface area contributed by atoms with Crippen molar-refractivity contribution < 1.29 is 22.6 Å². The summed E-state index contributed by atoms with van der Waals surface area (Å²) in [7, 11) is 0. The van der Waals surface area contributed by atoms with E-state index in [2.05, 4.69) is 34.5 Å². The molecule has 2 saturated carbocycles. The fraction of sp³-hybridized carbons (Fsp3) is 0.667. The third-order valence-corrected chi connectivity index (χ3v) is 7.67. The minimum absolute atomic E-state index is 0.0690. The summed E-state index contributed by atoms with van der Waals surface area (Å²) in [5, 5.41) is 4.86. The van der Waals surface area contributed by atoms with Gasteiger partial charge in [-0.05, 0) is 50.2 Å². The molecule has 186 valence electrons. The lowest BCUT2D eigenvalue weighted by molar-refractivity contribution is -0.153. The van der Waals surface area contributed by atoms with Gasteiger partial charge in [-0.25, -0.2) is 4.98 Å². The highest BCUT2D eigenvalue weighted by Crippen LogP contribution is 2.64. The number of hydrogen-bond donors (Lipinski definition) is 1. The first-order chi connectivity index (χ1) is 16.2. The molecule has 2 aromatic heterocycles. The molecule has 3 fully saturated rings. The van der Waals surface area contributed by atoms with Crippen molar-refractivity contribution in [2.24, 2.45) is 11.8 Å². The maximum Gasteiger partial charge on any atom is 0.422 e. The fourth-order valence-electron chi connectivity index (χ4n) is 5.69. The van der Waals surface area contributed by atoms with Crippen LogP contribution in [0.15, 0.2) is 18.3 Å². The minimum Gasteiger partial charge on any atom is -0.480 e. The predicted molar refractivity (Wildman–Crippen MR) is 122 cm³/mol. The number of morpholine rings is 1. The Morgan fingerprint density at radius 1 is 1.21 bits per heavy atom. The van der Waals surface area contributed by atoms with E-state index >= 15 is 0 Å². The van der Waals surface area contributed by atoms with E-state index < -0.39 is 12.8 Å². The van der Waals surface area contributed by atoms with Crippen molar-refractivity contribution in [2.45, 2.75) is 57.3 Å². The second-order valence-electron chi connectivity index (χ2n) is 9.79. The third kappa shape index (κ3) is 4.62. The largest absolute Gasteiger partial charge is 0.480 e. The first-order valence-electron chi connectivity index (χ1n) is 12.1. The van der Waals surface area contributed by atoms with Crippen molar-refractivity contribution in [3.63, 3.8) is 0 Å². The molecule has 3 heterocycles. The van der Waals surface area contributed by atoms with Gasteiger partial charge in [-0.2, -0.15) is 18.3 Å². The Hall–Kier alpha value is -2.33. The zero-order valence-electron chi connectivity index (χ0n) is 19.6. The predicted octanol–water partition coefficient (Wildman–Crippen LogP) is 4.26. The van der Waals surface area contributed by atoms with Crippen LogP contribution in [-0.2, 0) is 4.74 Å². The molecule has 0 bridgehead atoms. The average Bonchev–Trinajstić information content (AvgIpc) is 3.16. The molecule has 5 atom stereocenters. The Bertz CT molecular complexity index is 1010. The molecule has 5 rings (SSSR count). The molecule has 3 aliphatic rings. The van der Waals surface area contributed by atoms with E-state index in [1.165, 1.54) is 24.6 Å². The number of anilines is 1. The summed E-state index contributed by atoms with van der Waals surface area (Å²) in [5.41, 5.74) is 8.27. The van der Waals surface area contributed by atoms with E-state index in [0.29, 0.717) is 35.1 Å². The molecular weight excluding hydrogens is 447 g/mol. The summed E-state index contributed by atoms with van der Waals surface area (Å²) < 4.78 is 50.4. The zero-order chi connectivity index (χ0) is 24.0. The number of nitrogen functional groups attached to an aromatic ring is 1. The molecule has 34 heavy (non-hydrogen) atoms. The number of aromatic nitrogens is 3. The second-order valence-corrected chi connectivity index (χ2v) is 9.79. The van der Waals surface area contributed by atoms with Gasteiger partial charge < -0.3 is 15.2 Å². The van der Waals surface area contributed by atoms with E-state index in [-0.39, 0.29) is 17.6 Å². The molecule has 10 heteroatoms. The molecule has 0 spiro atoms. The molecule has 7 nitrogen and oxygen atoms in total. The lowest BCUT2D eigenvalue weighted by Gasteiger charge is -2.33. The average molecular weight is 480 g/mol. The van der Waals surface area contributed by atoms with Crippen LogP contribution in [0.4, 0.5) is 19.0 Å². The summed E-state index contributed by atoms with van der Waals surface area (Å²) >= 11 is 0. The Balaban J connectivity index is 1.36. The van der Waals surface area contributed by atoms with Crippen molar-refractivity contribution in [3.05, 3.63) is 24.0 Å². The van der Waals surface area contributed by atoms with Gasteiger partial charge in [0.25, 0.3) is 0 Å². The molecule has 0 amide bonds. The number of ether oxygens (including phenoxy) is 2. The van der Waals surface area contributed by atoms with Gasteiger partial charge >= 0.3 is 6.18 Å². The van der Waals surface area contributed by atoms with Gasteiger partial charge in [0.15, 0.2) is 18.2 Å². The quantitative estimate of drug-likeness (QED) is 0.639. The molecule has 0 radical (unpaired) electrons. The number of halogens is 3. The van der Waals surface area contributed by atoms with Crippen molar-refractivity contribution in [3.8, 4) is 17.0 Å². The van der Waals surface area contributed by atoms with Gasteiger partial charge in [0.2, 0.25) is 0 Å². The van der Waals surface area contributed by atoms with Crippen LogP contribution in [0.2, 0.25) is 0 Å². The number of fused-ring (bicyclic) bond motifs is 1. The van der Waals surface area contributed by atoms with Gasteiger partial charge in [-0.15, -0.1) is 0 Å². The van der Waals surface area contributed by atoms with Crippen LogP contribution in [0.25, 0.3) is 11.3 Å². The molecule has 0 aromatic carbocycles. The van der Waals surface area contributed by atoms with Crippen molar-refractivity contribution in [1.29, 1.82) is 0 Å². The molecule has 1 aliphatic heterocycles. The van der Waals surface area contributed by atoms with Crippen molar-refractivity contribution in [2.75, 3.05) is 38.6 Å². The molecule has 2 N–H and O–H groups in total. The van der Waals surface area contributed by atoms with Crippen LogP contribution >= 0.6 is 0 Å². The van der Waals surface area contributed by atoms with Crippen LogP contribution in [0.5, 0.6) is 5.75 Å². The van der Waals surface area contributed by atoms with Crippen molar-refractivity contribution >= 4 is 5.82 Å². The number of nitrogens with zero attached hydrogens (tertiary/aromatic N) is 4. The number of alkyl halides is 3. The fourth-order valence-corrected chi connectivity index (χ4v) is 5.69. The molecule has 1 saturated heterocycles. The molecule has 2 aliphatic carbocycles. The van der Waals surface area contributed by atoms with Crippen LogP contribution in [0, 0.1) is 11.8 Å². The monoisotopic (exact) mass is 479 g/mol. The first kappa shape index (κ1) is 23.4. The number of pyridine rings is 1. The maximum absolute atomic E-state index is 12.6. The van der Waals surface area contributed by atoms with E-state index in [0.717, 1.165) is 32.7 Å². The molecule has 2 unspecified atom stereocenters. The lowest BCUT2D eigenvalue weighted by Crippen LogP contribution is -2.43. The highest BCUT2D eigenvalue weighted by molar-refractivity contribution is 5.64. The Labute approximate surface area is 197 Å². The Morgan fingerprint density at radius 2 is 1.91 bits per heavy atom. The smallest absolute Gasteiger partial charge is 0.422 e. The first-order valence-corrected chi connectivity index (χ1v) is 12.1. The van der Waals surface area contributed by atoms with Gasteiger partial charge in [0.1, 0.15) is 0 Å². The molecule has 2 aromatic rings. The van der Waals surface area contributed by atoms with E-state index in [9.17, 15) is 13.2 Å². The summed E-state index contributed by atoms with van der Waals surface area (Å²) in [6.07, 6.45) is 0.443. The number of rotatable bonds is 7. The highest BCUT2D eigenvalue weighted by Gasteiger charge is 2.58. The summed E-state index contributed by atoms with van der Waals surface area (Å²) in [5.74, 6) is 1.66. The van der Waals surface area contributed by atoms with Crippen LogP contribution in [0.3, 0.4) is 0 Å². The topological polar surface area (TPSA) is 78.4 Å². The van der Waals surface area contributed by atoms with Gasteiger partial charge in [0, 0.05) is 48.5 Å². The van der Waals surface area contributed by atoms with Crippen molar-refractivity contribution in [1.82, 2.24) is 19.7 Å². The normalized spacial score (nSPS) is 28.0. The number of hydrogen-bond acceptors (Lipinski definition) is 6. The summed E-state index contributed by atoms with van der Waals surface area (Å²) in [6, 6.07) is 4.45. The minimum atomic E-state index is -4.45. The number of nitrogens with two attached hydrogens (primary N) is 1. The maximum atomic E-state index is 12.6. The van der Waals surface area contributed by atoms with E-state index in [4.69, 9.17) is 20.3 Å². The Kier molecular flexibility index (Phi) is 6.22. The second kappa shape index (κ2) is 9.03. The van der Waals surface area contributed by atoms with Crippen LogP contribution in [0.1, 0.15) is 50.8 Å².